The molecule has 1 aliphatic carbocycles. The third-order valence-electron chi connectivity index (χ3n) is 4.36. The van der Waals surface area contributed by atoms with E-state index in [4.69, 9.17) is 4.42 Å². The monoisotopic (exact) mass is 313 g/mol. The van der Waals surface area contributed by atoms with E-state index in [-0.39, 0.29) is 23.6 Å². The average molecular weight is 313 g/mol. The van der Waals surface area contributed by atoms with Gasteiger partial charge in [0.05, 0.1) is 5.60 Å². The van der Waals surface area contributed by atoms with E-state index < -0.39 is 5.60 Å². The predicted octanol–water partition coefficient (Wildman–Crippen LogP) is 2.29. The van der Waals surface area contributed by atoms with Crippen LogP contribution >= 0.6 is 0 Å². The summed E-state index contributed by atoms with van der Waals surface area (Å²) in [5.41, 5.74) is -0.393. The van der Waals surface area contributed by atoms with Crippen molar-refractivity contribution in [1.82, 2.24) is 9.88 Å². The van der Waals surface area contributed by atoms with Gasteiger partial charge < -0.3 is 14.8 Å². The highest BCUT2D eigenvalue weighted by molar-refractivity contribution is 5.98. The molecule has 2 heterocycles. The molecule has 2 aromatic rings. The summed E-state index contributed by atoms with van der Waals surface area (Å²) in [7, 11) is 0. The summed E-state index contributed by atoms with van der Waals surface area (Å²) >= 11 is 0. The van der Waals surface area contributed by atoms with Gasteiger partial charge in [0.25, 0.3) is 5.91 Å². The molecule has 0 saturated heterocycles. The minimum atomic E-state index is -0.830. The molecule has 6 nitrogen and oxygen atoms in total. The summed E-state index contributed by atoms with van der Waals surface area (Å²) in [5.74, 6) is 0.336. The SMILES string of the molecule is Cc1oc(-n2cccc2)c(C#N)c1C(=O)NCC1(O)CCCC1. The van der Waals surface area contributed by atoms with Crippen molar-refractivity contribution in [3.05, 3.63) is 41.4 Å². The Balaban J connectivity index is 1.84. The Labute approximate surface area is 134 Å². The van der Waals surface area contributed by atoms with Crippen LogP contribution in [0.15, 0.2) is 28.9 Å². The summed E-state index contributed by atoms with van der Waals surface area (Å²) in [5, 5.41) is 22.5. The van der Waals surface area contributed by atoms with Gasteiger partial charge in [0.2, 0.25) is 5.88 Å². The standard InChI is InChI=1S/C17H19N3O3/c1-12-14(15(21)19-11-17(22)6-2-3-7-17)13(10-18)16(23-12)20-8-4-5-9-20/h4-5,8-9,22H,2-3,6-7,11H2,1H3,(H,19,21). The molecular weight excluding hydrogens is 294 g/mol. The van der Waals surface area contributed by atoms with E-state index in [9.17, 15) is 15.2 Å². The first kappa shape index (κ1) is 15.4. The Bertz CT molecular complexity index is 747. The summed E-state index contributed by atoms with van der Waals surface area (Å²) in [6.45, 7) is 1.85. The fraction of sp³-hybridized carbons (Fsp3) is 0.412. The van der Waals surface area contributed by atoms with Crippen LogP contribution in [0.1, 0.15) is 47.4 Å². The van der Waals surface area contributed by atoms with Crippen LogP contribution in [0.25, 0.3) is 5.88 Å². The number of furan rings is 1. The summed E-state index contributed by atoms with van der Waals surface area (Å²) in [6, 6.07) is 5.68. The Morgan fingerprint density at radius 2 is 2.09 bits per heavy atom. The van der Waals surface area contributed by atoms with Gasteiger partial charge in [-0.2, -0.15) is 5.26 Å². The minimum absolute atomic E-state index is 0.195. The second kappa shape index (κ2) is 5.94. The lowest BCUT2D eigenvalue weighted by Gasteiger charge is -2.22. The third-order valence-corrected chi connectivity index (χ3v) is 4.36. The average Bonchev–Trinajstić information content (AvgIpc) is 3.24. The summed E-state index contributed by atoms with van der Waals surface area (Å²) in [6.07, 6.45) is 6.83. The molecule has 3 rings (SSSR count). The van der Waals surface area contributed by atoms with Gasteiger partial charge in [-0.25, -0.2) is 0 Å². The van der Waals surface area contributed by atoms with E-state index in [1.54, 1.807) is 23.9 Å². The van der Waals surface area contributed by atoms with E-state index in [0.717, 1.165) is 12.8 Å². The first-order valence-corrected chi connectivity index (χ1v) is 7.71. The lowest BCUT2D eigenvalue weighted by atomic mass is 10.0. The van der Waals surface area contributed by atoms with Crippen molar-refractivity contribution in [3.63, 3.8) is 0 Å². The van der Waals surface area contributed by atoms with Crippen molar-refractivity contribution in [1.29, 1.82) is 5.26 Å². The van der Waals surface area contributed by atoms with Crippen LogP contribution in [0.3, 0.4) is 0 Å². The number of hydrogen-bond acceptors (Lipinski definition) is 4. The van der Waals surface area contributed by atoms with Crippen LogP contribution in [0.4, 0.5) is 0 Å². The number of nitrogens with one attached hydrogen (secondary N) is 1. The van der Waals surface area contributed by atoms with E-state index in [0.29, 0.717) is 24.5 Å². The molecule has 1 fully saturated rings. The second-order valence-corrected chi connectivity index (χ2v) is 6.03. The van der Waals surface area contributed by atoms with Gasteiger partial charge in [-0.1, -0.05) is 12.8 Å². The van der Waals surface area contributed by atoms with E-state index >= 15 is 0 Å². The smallest absolute Gasteiger partial charge is 0.256 e. The number of amides is 1. The third kappa shape index (κ3) is 2.88. The molecule has 0 spiro atoms. The number of carbonyl (C=O) groups excluding carboxylic acids is 1. The summed E-state index contributed by atoms with van der Waals surface area (Å²) in [4.78, 5) is 12.5. The Morgan fingerprint density at radius 3 is 2.70 bits per heavy atom. The molecule has 0 bridgehead atoms. The molecular formula is C17H19N3O3. The molecule has 1 saturated carbocycles. The van der Waals surface area contributed by atoms with E-state index in [1.165, 1.54) is 0 Å². The fourth-order valence-corrected chi connectivity index (χ4v) is 3.10. The van der Waals surface area contributed by atoms with Gasteiger partial charge in [0, 0.05) is 18.9 Å². The van der Waals surface area contributed by atoms with Gasteiger partial charge in [0.15, 0.2) is 0 Å². The number of aliphatic hydroxyl groups is 1. The zero-order valence-corrected chi connectivity index (χ0v) is 13.0. The van der Waals surface area contributed by atoms with Crippen LogP contribution in [-0.2, 0) is 0 Å². The lowest BCUT2D eigenvalue weighted by molar-refractivity contribution is 0.0449. The van der Waals surface area contributed by atoms with Crippen molar-refractivity contribution >= 4 is 5.91 Å². The normalized spacial score (nSPS) is 16.2. The van der Waals surface area contributed by atoms with E-state index in [2.05, 4.69) is 11.4 Å². The van der Waals surface area contributed by atoms with Crippen LogP contribution < -0.4 is 5.32 Å². The van der Waals surface area contributed by atoms with E-state index in [1.807, 2.05) is 12.1 Å². The number of aromatic nitrogens is 1. The minimum Gasteiger partial charge on any atom is -0.443 e. The second-order valence-electron chi connectivity index (χ2n) is 6.03. The quantitative estimate of drug-likeness (QED) is 0.906. The maximum atomic E-state index is 12.5. The first-order valence-electron chi connectivity index (χ1n) is 7.71. The van der Waals surface area contributed by atoms with Crippen LogP contribution in [0.2, 0.25) is 0 Å². The lowest BCUT2D eigenvalue weighted by Crippen LogP contribution is -2.41. The van der Waals surface area contributed by atoms with Crippen molar-refractivity contribution in [2.24, 2.45) is 0 Å². The van der Waals surface area contributed by atoms with Gasteiger partial charge in [-0.15, -0.1) is 0 Å². The number of aryl methyl sites for hydroxylation is 1. The maximum absolute atomic E-state index is 12.5. The predicted molar refractivity (Wildman–Crippen MR) is 83.2 cm³/mol. The van der Waals surface area contributed by atoms with Gasteiger partial charge >= 0.3 is 0 Å². The molecule has 0 aliphatic heterocycles. The van der Waals surface area contributed by atoms with Gasteiger partial charge in [0.1, 0.15) is 23.0 Å². The summed E-state index contributed by atoms with van der Waals surface area (Å²) < 4.78 is 7.28. The number of nitriles is 1. The van der Waals surface area contributed by atoms with Crippen molar-refractivity contribution < 1.29 is 14.3 Å². The molecule has 2 aromatic heterocycles. The highest BCUT2D eigenvalue weighted by atomic mass is 16.4. The molecule has 0 radical (unpaired) electrons. The molecule has 1 aliphatic rings. The molecule has 23 heavy (non-hydrogen) atoms. The molecule has 0 aromatic carbocycles. The molecule has 6 heteroatoms. The van der Waals surface area contributed by atoms with Crippen LogP contribution in [0.5, 0.6) is 0 Å². The van der Waals surface area contributed by atoms with Crippen molar-refractivity contribution in [2.45, 2.75) is 38.2 Å². The highest BCUT2D eigenvalue weighted by Gasteiger charge is 2.32. The number of nitrogens with zero attached hydrogens (tertiary/aromatic N) is 2. The topological polar surface area (TPSA) is 91.2 Å². The number of hydrogen-bond donors (Lipinski definition) is 2. The molecule has 0 atom stereocenters. The zero-order valence-electron chi connectivity index (χ0n) is 13.0. The molecule has 2 N–H and O–H groups in total. The number of rotatable bonds is 4. The molecule has 1 amide bonds. The van der Waals surface area contributed by atoms with Gasteiger partial charge in [-0.3, -0.25) is 9.36 Å². The largest absolute Gasteiger partial charge is 0.443 e. The Hall–Kier alpha value is -2.52. The van der Waals surface area contributed by atoms with Crippen LogP contribution in [0, 0.1) is 18.3 Å². The van der Waals surface area contributed by atoms with Crippen LogP contribution in [-0.4, -0.2) is 27.7 Å². The molecule has 0 unspecified atom stereocenters. The highest BCUT2D eigenvalue weighted by Crippen LogP contribution is 2.29. The maximum Gasteiger partial charge on any atom is 0.256 e. The molecule has 120 valence electrons. The van der Waals surface area contributed by atoms with Crippen molar-refractivity contribution in [2.75, 3.05) is 6.54 Å². The van der Waals surface area contributed by atoms with Gasteiger partial charge in [-0.05, 0) is 31.9 Å². The fourth-order valence-electron chi connectivity index (χ4n) is 3.10. The first-order chi connectivity index (χ1) is 11.0. The Morgan fingerprint density at radius 1 is 1.43 bits per heavy atom. The zero-order chi connectivity index (χ0) is 16.4. The van der Waals surface area contributed by atoms with Crippen molar-refractivity contribution in [3.8, 4) is 12.0 Å². The Kier molecular flexibility index (Phi) is 3.97. The number of carbonyl (C=O) groups is 1.